The SMILES string of the molecule is Nc1c(C(=O)N2CCCS(=O)(=O)CC2)sc2nccnc12. The maximum Gasteiger partial charge on any atom is 0.266 e. The Morgan fingerprint density at radius 1 is 1.24 bits per heavy atom. The minimum absolute atomic E-state index is 0.0000395. The zero-order valence-corrected chi connectivity index (χ0v) is 12.8. The Morgan fingerprint density at radius 3 is 2.76 bits per heavy atom. The van der Waals surface area contributed by atoms with E-state index in [2.05, 4.69) is 9.97 Å². The van der Waals surface area contributed by atoms with E-state index in [0.717, 1.165) is 0 Å². The van der Waals surface area contributed by atoms with Gasteiger partial charge in [0.05, 0.1) is 17.2 Å². The van der Waals surface area contributed by atoms with Crippen LogP contribution in [0.25, 0.3) is 10.3 Å². The lowest BCUT2D eigenvalue weighted by atomic mass is 10.3. The monoisotopic (exact) mass is 326 g/mol. The molecule has 0 unspecified atom stereocenters. The lowest BCUT2D eigenvalue weighted by Crippen LogP contribution is -2.33. The molecular formula is C12H14N4O3S2. The number of hydrogen-bond donors (Lipinski definition) is 1. The maximum atomic E-state index is 12.6. The molecule has 2 aromatic heterocycles. The van der Waals surface area contributed by atoms with E-state index in [1.807, 2.05) is 0 Å². The molecule has 0 saturated carbocycles. The molecule has 2 N–H and O–H groups in total. The highest BCUT2D eigenvalue weighted by molar-refractivity contribution is 7.91. The molecular weight excluding hydrogens is 312 g/mol. The standard InChI is InChI=1S/C12H14N4O3S2/c13-8-9-11(15-3-2-14-9)20-10(8)12(17)16-4-1-6-21(18,19)7-5-16/h2-3H,1,4-7,13H2. The van der Waals surface area contributed by atoms with Crippen molar-refractivity contribution in [3.63, 3.8) is 0 Å². The van der Waals surface area contributed by atoms with Gasteiger partial charge in [-0.2, -0.15) is 0 Å². The molecule has 0 aromatic carbocycles. The molecule has 0 bridgehead atoms. The first-order chi connectivity index (χ1) is 9.98. The average molecular weight is 326 g/mol. The molecule has 0 spiro atoms. The van der Waals surface area contributed by atoms with Crippen LogP contribution >= 0.6 is 11.3 Å². The number of nitrogen functional groups attached to an aromatic ring is 1. The summed E-state index contributed by atoms with van der Waals surface area (Å²) in [4.78, 5) is 23.4. The number of anilines is 1. The second-order valence-electron chi connectivity index (χ2n) is 4.85. The number of sulfone groups is 1. The second-order valence-corrected chi connectivity index (χ2v) is 8.16. The molecule has 7 nitrogen and oxygen atoms in total. The predicted octanol–water partition coefficient (Wildman–Crippen LogP) is 0.534. The largest absolute Gasteiger partial charge is 0.396 e. The van der Waals surface area contributed by atoms with Gasteiger partial charge in [-0.3, -0.25) is 4.79 Å². The first-order valence-corrected chi connectivity index (χ1v) is 9.10. The quantitative estimate of drug-likeness (QED) is 0.819. The highest BCUT2D eigenvalue weighted by Crippen LogP contribution is 2.31. The summed E-state index contributed by atoms with van der Waals surface area (Å²) in [5, 5.41) is 0. The molecule has 9 heteroatoms. The fourth-order valence-corrected chi connectivity index (χ4v) is 4.55. The molecule has 1 saturated heterocycles. The van der Waals surface area contributed by atoms with Gasteiger partial charge >= 0.3 is 0 Å². The van der Waals surface area contributed by atoms with Gasteiger partial charge in [0.2, 0.25) is 0 Å². The van der Waals surface area contributed by atoms with E-state index in [-0.39, 0.29) is 24.0 Å². The van der Waals surface area contributed by atoms with Gasteiger partial charge in [0.25, 0.3) is 5.91 Å². The van der Waals surface area contributed by atoms with Crippen LogP contribution in [-0.4, -0.2) is 53.8 Å². The van der Waals surface area contributed by atoms with Gasteiger partial charge in [0.1, 0.15) is 15.2 Å². The third kappa shape index (κ3) is 2.70. The molecule has 0 aliphatic carbocycles. The van der Waals surface area contributed by atoms with Crippen molar-refractivity contribution in [2.75, 3.05) is 30.3 Å². The number of carbonyl (C=O) groups excluding carboxylic acids is 1. The van der Waals surface area contributed by atoms with E-state index < -0.39 is 9.84 Å². The Kier molecular flexibility index (Phi) is 3.54. The van der Waals surface area contributed by atoms with E-state index in [9.17, 15) is 13.2 Å². The molecule has 1 amide bonds. The smallest absolute Gasteiger partial charge is 0.266 e. The number of nitrogens with zero attached hydrogens (tertiary/aromatic N) is 3. The molecule has 0 atom stereocenters. The molecule has 112 valence electrons. The van der Waals surface area contributed by atoms with Crippen molar-refractivity contribution >= 4 is 43.1 Å². The average Bonchev–Trinajstić information content (AvgIpc) is 2.67. The molecule has 21 heavy (non-hydrogen) atoms. The summed E-state index contributed by atoms with van der Waals surface area (Å²) in [6.07, 6.45) is 3.53. The molecule has 2 aromatic rings. The second kappa shape index (κ2) is 5.23. The van der Waals surface area contributed by atoms with E-state index >= 15 is 0 Å². The Bertz CT molecular complexity index is 800. The molecule has 1 aliphatic heterocycles. The first kappa shape index (κ1) is 14.2. The Labute approximate surface area is 125 Å². The summed E-state index contributed by atoms with van der Waals surface area (Å²) in [6.45, 7) is 0.627. The van der Waals surface area contributed by atoms with E-state index in [1.54, 1.807) is 11.1 Å². The normalized spacial score (nSPS) is 18.6. The number of amides is 1. The maximum absolute atomic E-state index is 12.6. The van der Waals surface area contributed by atoms with Crippen molar-refractivity contribution in [2.45, 2.75) is 6.42 Å². The van der Waals surface area contributed by atoms with Crippen molar-refractivity contribution in [1.82, 2.24) is 14.9 Å². The predicted molar refractivity (Wildman–Crippen MR) is 81.0 cm³/mol. The highest BCUT2D eigenvalue weighted by Gasteiger charge is 2.26. The molecule has 3 heterocycles. The van der Waals surface area contributed by atoms with Crippen LogP contribution in [0.15, 0.2) is 12.4 Å². The molecule has 3 rings (SSSR count). The third-order valence-electron chi connectivity index (χ3n) is 3.40. The highest BCUT2D eigenvalue weighted by atomic mass is 32.2. The Balaban J connectivity index is 1.92. The van der Waals surface area contributed by atoms with Gasteiger partial charge in [-0.25, -0.2) is 18.4 Å². The Hall–Kier alpha value is -1.74. The van der Waals surface area contributed by atoms with Gasteiger partial charge in [-0.05, 0) is 6.42 Å². The number of aromatic nitrogens is 2. The summed E-state index contributed by atoms with van der Waals surface area (Å²) < 4.78 is 23.2. The summed E-state index contributed by atoms with van der Waals surface area (Å²) in [5.74, 6) is -0.114. The molecule has 1 aliphatic rings. The van der Waals surface area contributed by atoms with Gasteiger partial charge in [0, 0.05) is 25.5 Å². The zero-order chi connectivity index (χ0) is 15.0. The van der Waals surface area contributed by atoms with Gasteiger partial charge in [-0.15, -0.1) is 11.3 Å². The number of hydrogen-bond acceptors (Lipinski definition) is 7. The third-order valence-corrected chi connectivity index (χ3v) is 6.21. The Morgan fingerprint density at radius 2 is 2.00 bits per heavy atom. The van der Waals surface area contributed by atoms with Crippen LogP contribution in [0.5, 0.6) is 0 Å². The summed E-state index contributed by atoms with van der Waals surface area (Å²) in [5.41, 5.74) is 6.82. The van der Waals surface area contributed by atoms with Crippen molar-refractivity contribution in [3.05, 3.63) is 17.3 Å². The van der Waals surface area contributed by atoms with Gasteiger partial charge in [0.15, 0.2) is 9.84 Å². The zero-order valence-electron chi connectivity index (χ0n) is 11.2. The molecule has 0 radical (unpaired) electrons. The van der Waals surface area contributed by atoms with Crippen LogP contribution < -0.4 is 5.73 Å². The molecule has 1 fully saturated rings. The van der Waals surface area contributed by atoms with Crippen LogP contribution in [0.3, 0.4) is 0 Å². The summed E-state index contributed by atoms with van der Waals surface area (Å²) in [6, 6.07) is 0. The van der Waals surface area contributed by atoms with E-state index in [4.69, 9.17) is 5.73 Å². The first-order valence-electron chi connectivity index (χ1n) is 6.46. The number of fused-ring (bicyclic) bond motifs is 1. The minimum atomic E-state index is -3.05. The number of rotatable bonds is 1. The van der Waals surface area contributed by atoms with Crippen molar-refractivity contribution in [2.24, 2.45) is 0 Å². The van der Waals surface area contributed by atoms with E-state index in [0.29, 0.717) is 33.9 Å². The fraction of sp³-hybridized carbons (Fsp3) is 0.417. The van der Waals surface area contributed by atoms with Crippen LogP contribution in [0.1, 0.15) is 16.1 Å². The summed E-state index contributed by atoms with van der Waals surface area (Å²) in [7, 11) is -3.05. The van der Waals surface area contributed by atoms with Crippen molar-refractivity contribution < 1.29 is 13.2 Å². The van der Waals surface area contributed by atoms with Gasteiger partial charge < -0.3 is 10.6 Å². The lowest BCUT2D eigenvalue weighted by molar-refractivity contribution is 0.0774. The number of nitrogens with two attached hydrogens (primary N) is 1. The fourth-order valence-electron chi connectivity index (χ4n) is 2.29. The van der Waals surface area contributed by atoms with Crippen LogP contribution in [0, 0.1) is 0 Å². The van der Waals surface area contributed by atoms with Crippen LogP contribution in [0.2, 0.25) is 0 Å². The topological polar surface area (TPSA) is 106 Å². The summed E-state index contributed by atoms with van der Waals surface area (Å²) >= 11 is 1.19. The van der Waals surface area contributed by atoms with Crippen LogP contribution in [0.4, 0.5) is 5.69 Å². The van der Waals surface area contributed by atoms with Gasteiger partial charge in [-0.1, -0.05) is 0 Å². The van der Waals surface area contributed by atoms with E-state index in [1.165, 1.54) is 17.5 Å². The van der Waals surface area contributed by atoms with Crippen LogP contribution in [-0.2, 0) is 9.84 Å². The van der Waals surface area contributed by atoms with Crippen molar-refractivity contribution in [1.29, 1.82) is 0 Å². The van der Waals surface area contributed by atoms with Crippen molar-refractivity contribution in [3.8, 4) is 0 Å². The number of thiophene rings is 1. The lowest BCUT2D eigenvalue weighted by Gasteiger charge is -2.18. The minimum Gasteiger partial charge on any atom is -0.396 e. The number of carbonyl (C=O) groups is 1.